The van der Waals surface area contributed by atoms with Crippen molar-refractivity contribution in [3.63, 3.8) is 0 Å². The van der Waals surface area contributed by atoms with Crippen LogP contribution in [0.4, 0.5) is 5.82 Å². The number of nitrogens with two attached hydrogens (primary N) is 1. The summed E-state index contributed by atoms with van der Waals surface area (Å²) in [5, 5.41) is 9.00. The monoisotopic (exact) mass is 184 g/mol. The zero-order valence-corrected chi connectivity index (χ0v) is 7.71. The number of hydrogen-bond donors (Lipinski definition) is 2. The third-order valence-electron chi connectivity index (χ3n) is 1.35. The minimum atomic E-state index is 0.174. The van der Waals surface area contributed by atoms with Gasteiger partial charge in [0.2, 0.25) is 0 Å². The average molecular weight is 184 g/mol. The van der Waals surface area contributed by atoms with E-state index in [0.717, 1.165) is 4.90 Å². The molecule has 12 heavy (non-hydrogen) atoms. The first-order valence-electron chi connectivity index (χ1n) is 3.71. The summed E-state index contributed by atoms with van der Waals surface area (Å²) < 4.78 is 0. The van der Waals surface area contributed by atoms with E-state index >= 15 is 0 Å². The van der Waals surface area contributed by atoms with Gasteiger partial charge < -0.3 is 10.8 Å². The Morgan fingerprint density at radius 2 is 2.50 bits per heavy atom. The Hall–Kier alpha value is -0.740. The predicted molar refractivity (Wildman–Crippen MR) is 51.1 cm³/mol. The molecule has 0 aliphatic rings. The van der Waals surface area contributed by atoms with Crippen molar-refractivity contribution in [1.82, 2.24) is 4.98 Å². The second kappa shape index (κ2) is 4.33. The molecule has 1 unspecified atom stereocenters. The first-order valence-corrected chi connectivity index (χ1v) is 4.59. The van der Waals surface area contributed by atoms with E-state index in [9.17, 15) is 0 Å². The van der Waals surface area contributed by atoms with Crippen LogP contribution in [0.25, 0.3) is 0 Å². The first-order chi connectivity index (χ1) is 5.72. The smallest absolute Gasteiger partial charge is 0.124 e. The summed E-state index contributed by atoms with van der Waals surface area (Å²) in [7, 11) is 0. The van der Waals surface area contributed by atoms with Gasteiger partial charge in [0, 0.05) is 16.3 Å². The molecule has 0 spiro atoms. The highest BCUT2D eigenvalue weighted by Crippen LogP contribution is 2.23. The van der Waals surface area contributed by atoms with Gasteiger partial charge in [-0.2, -0.15) is 0 Å². The second-order valence-electron chi connectivity index (χ2n) is 2.53. The fourth-order valence-electron chi connectivity index (χ4n) is 0.771. The van der Waals surface area contributed by atoms with Crippen molar-refractivity contribution >= 4 is 17.6 Å². The number of anilines is 1. The lowest BCUT2D eigenvalue weighted by atomic mass is 10.5. The van der Waals surface area contributed by atoms with Crippen LogP contribution in [0.1, 0.15) is 6.92 Å². The summed E-state index contributed by atoms with van der Waals surface area (Å²) in [6.45, 7) is 2.13. The molecule has 0 aromatic carbocycles. The highest BCUT2D eigenvalue weighted by molar-refractivity contribution is 8.00. The van der Waals surface area contributed by atoms with Gasteiger partial charge in [-0.3, -0.25) is 0 Å². The maximum Gasteiger partial charge on any atom is 0.124 e. The van der Waals surface area contributed by atoms with Crippen LogP contribution in [0.2, 0.25) is 0 Å². The van der Waals surface area contributed by atoms with Crippen LogP contribution >= 0.6 is 11.8 Å². The van der Waals surface area contributed by atoms with Gasteiger partial charge >= 0.3 is 0 Å². The molecule has 0 saturated heterocycles. The topological polar surface area (TPSA) is 59.1 Å². The van der Waals surface area contributed by atoms with Gasteiger partial charge in [0.05, 0.1) is 6.61 Å². The third kappa shape index (κ3) is 2.71. The molecule has 0 bridgehead atoms. The fourth-order valence-corrected chi connectivity index (χ4v) is 1.64. The Morgan fingerprint density at radius 3 is 3.08 bits per heavy atom. The van der Waals surface area contributed by atoms with Crippen LogP contribution in [-0.4, -0.2) is 21.9 Å². The molecule has 3 N–H and O–H groups in total. The number of aromatic nitrogens is 1. The largest absolute Gasteiger partial charge is 0.395 e. The van der Waals surface area contributed by atoms with Crippen molar-refractivity contribution in [2.75, 3.05) is 12.3 Å². The van der Waals surface area contributed by atoms with Crippen molar-refractivity contribution in [2.24, 2.45) is 0 Å². The molecule has 1 atom stereocenters. The van der Waals surface area contributed by atoms with Gasteiger partial charge in [0.1, 0.15) is 5.82 Å². The summed E-state index contributed by atoms with van der Waals surface area (Å²) in [6.07, 6.45) is 1.67. The van der Waals surface area contributed by atoms with Crippen molar-refractivity contribution in [1.29, 1.82) is 0 Å². The number of aliphatic hydroxyl groups is 1. The predicted octanol–water partition coefficient (Wildman–Crippen LogP) is 1.14. The summed E-state index contributed by atoms with van der Waals surface area (Å²) in [5.41, 5.74) is 5.49. The SMILES string of the molecule is CC(CO)Sc1ccnc(N)c1. The highest BCUT2D eigenvalue weighted by Gasteiger charge is 2.02. The van der Waals surface area contributed by atoms with Crippen molar-refractivity contribution in [3.05, 3.63) is 18.3 Å². The van der Waals surface area contributed by atoms with E-state index in [1.54, 1.807) is 24.0 Å². The van der Waals surface area contributed by atoms with Gasteiger partial charge in [-0.1, -0.05) is 6.92 Å². The fraction of sp³-hybridized carbons (Fsp3) is 0.375. The van der Waals surface area contributed by atoms with Crippen LogP contribution in [0, 0.1) is 0 Å². The van der Waals surface area contributed by atoms with E-state index < -0.39 is 0 Å². The highest BCUT2D eigenvalue weighted by atomic mass is 32.2. The molecule has 1 aromatic rings. The molecule has 0 aliphatic carbocycles. The molecular weight excluding hydrogens is 172 g/mol. The van der Waals surface area contributed by atoms with E-state index in [-0.39, 0.29) is 11.9 Å². The van der Waals surface area contributed by atoms with E-state index in [1.807, 2.05) is 13.0 Å². The normalized spacial score (nSPS) is 12.8. The number of pyridine rings is 1. The lowest BCUT2D eigenvalue weighted by Crippen LogP contribution is -2.01. The molecular formula is C8H12N2OS. The molecule has 1 heterocycles. The number of nitrogen functional groups attached to an aromatic ring is 1. The summed E-state index contributed by atoms with van der Waals surface area (Å²) in [6, 6.07) is 3.68. The third-order valence-corrected chi connectivity index (χ3v) is 2.42. The second-order valence-corrected chi connectivity index (χ2v) is 4.04. The minimum absolute atomic E-state index is 0.174. The minimum Gasteiger partial charge on any atom is -0.395 e. The number of thioether (sulfide) groups is 1. The van der Waals surface area contributed by atoms with Crippen LogP contribution in [0.3, 0.4) is 0 Å². The number of hydrogen-bond acceptors (Lipinski definition) is 4. The number of rotatable bonds is 3. The summed E-state index contributed by atoms with van der Waals surface area (Å²) in [4.78, 5) is 4.92. The lowest BCUT2D eigenvalue weighted by Gasteiger charge is -2.06. The molecule has 3 nitrogen and oxygen atoms in total. The first kappa shape index (κ1) is 9.35. The molecule has 0 radical (unpaired) electrons. The molecule has 0 aliphatic heterocycles. The van der Waals surface area contributed by atoms with Crippen LogP contribution < -0.4 is 5.73 Å². The molecule has 0 fully saturated rings. The Morgan fingerprint density at radius 1 is 1.75 bits per heavy atom. The maximum atomic E-state index is 8.80. The molecule has 4 heteroatoms. The number of aliphatic hydroxyl groups excluding tert-OH is 1. The average Bonchev–Trinajstić information content (AvgIpc) is 2.04. The summed E-state index contributed by atoms with van der Waals surface area (Å²) >= 11 is 1.59. The van der Waals surface area contributed by atoms with E-state index in [2.05, 4.69) is 4.98 Å². The number of nitrogens with zero attached hydrogens (tertiary/aromatic N) is 1. The molecule has 1 aromatic heterocycles. The zero-order chi connectivity index (χ0) is 8.97. The van der Waals surface area contributed by atoms with Crippen LogP contribution in [-0.2, 0) is 0 Å². The van der Waals surface area contributed by atoms with Crippen LogP contribution in [0.5, 0.6) is 0 Å². The zero-order valence-electron chi connectivity index (χ0n) is 6.90. The lowest BCUT2D eigenvalue weighted by molar-refractivity contribution is 0.300. The van der Waals surface area contributed by atoms with Crippen LogP contribution in [0.15, 0.2) is 23.2 Å². The van der Waals surface area contributed by atoms with Gasteiger partial charge in [0.15, 0.2) is 0 Å². The van der Waals surface area contributed by atoms with Crippen molar-refractivity contribution < 1.29 is 5.11 Å². The molecule has 66 valence electrons. The van der Waals surface area contributed by atoms with Crippen molar-refractivity contribution in [3.8, 4) is 0 Å². The van der Waals surface area contributed by atoms with Crippen molar-refractivity contribution in [2.45, 2.75) is 17.1 Å². The Balaban J connectivity index is 2.63. The van der Waals surface area contributed by atoms with Gasteiger partial charge in [-0.25, -0.2) is 4.98 Å². The van der Waals surface area contributed by atoms with E-state index in [0.29, 0.717) is 5.82 Å². The molecule has 0 saturated carbocycles. The molecule has 1 rings (SSSR count). The maximum absolute atomic E-state index is 8.80. The Labute approximate surface area is 76.0 Å². The quantitative estimate of drug-likeness (QED) is 0.691. The molecule has 0 amide bonds. The Bertz CT molecular complexity index is 255. The standard InChI is InChI=1S/C8H12N2OS/c1-6(5-11)12-7-2-3-10-8(9)4-7/h2-4,6,11H,5H2,1H3,(H2,9,10). The van der Waals surface area contributed by atoms with Gasteiger partial charge in [0.25, 0.3) is 0 Å². The Kier molecular flexibility index (Phi) is 3.37. The van der Waals surface area contributed by atoms with Gasteiger partial charge in [-0.15, -0.1) is 11.8 Å². The summed E-state index contributed by atoms with van der Waals surface area (Å²) in [5.74, 6) is 0.519. The van der Waals surface area contributed by atoms with Gasteiger partial charge in [-0.05, 0) is 12.1 Å². The van der Waals surface area contributed by atoms with E-state index in [4.69, 9.17) is 10.8 Å². The van der Waals surface area contributed by atoms with E-state index in [1.165, 1.54) is 0 Å².